The molecule has 0 spiro atoms. The first-order valence-electron chi connectivity index (χ1n) is 10.4. The van der Waals surface area contributed by atoms with Crippen LogP contribution in [0.3, 0.4) is 0 Å². The number of carbonyl (C=O) groups is 1. The number of aromatic nitrogens is 4. The second-order valence-corrected chi connectivity index (χ2v) is 7.57. The Morgan fingerprint density at radius 3 is 2.87 bits per heavy atom. The monoisotopic (exact) mass is 420 g/mol. The van der Waals surface area contributed by atoms with Crippen molar-refractivity contribution in [1.82, 2.24) is 24.5 Å². The molecule has 5 rings (SSSR count). The molecule has 9 heteroatoms. The smallest absolute Gasteiger partial charge is 0.254 e. The van der Waals surface area contributed by atoms with E-state index in [-0.39, 0.29) is 12.5 Å². The predicted molar refractivity (Wildman–Crippen MR) is 115 cm³/mol. The number of nitrogens with zero attached hydrogens (tertiary/aromatic N) is 6. The van der Waals surface area contributed by atoms with Crippen LogP contribution in [0, 0.1) is 6.92 Å². The largest absolute Gasteiger partial charge is 0.490 e. The van der Waals surface area contributed by atoms with Gasteiger partial charge >= 0.3 is 0 Å². The highest BCUT2D eigenvalue weighted by molar-refractivity contribution is 5.99. The number of aryl methyl sites for hydroxylation is 1. The van der Waals surface area contributed by atoms with Gasteiger partial charge in [-0.1, -0.05) is 12.1 Å². The summed E-state index contributed by atoms with van der Waals surface area (Å²) in [6.07, 6.45) is 3.43. The van der Waals surface area contributed by atoms with Crippen LogP contribution in [-0.4, -0.2) is 69.8 Å². The Kier molecular flexibility index (Phi) is 4.93. The van der Waals surface area contributed by atoms with E-state index in [4.69, 9.17) is 9.47 Å². The summed E-state index contributed by atoms with van der Waals surface area (Å²) in [7, 11) is 0. The SMILES string of the molecule is CCOc1cccc2c1OCC(C(=O)N1CCN(c3cc(C)nc4ncnn34)CC1)=C2. The summed E-state index contributed by atoms with van der Waals surface area (Å²) in [5, 5.41) is 4.29. The second kappa shape index (κ2) is 7.90. The molecule has 0 unspecified atom stereocenters. The normalized spacial score (nSPS) is 16.0. The molecule has 0 atom stereocenters. The average molecular weight is 420 g/mol. The van der Waals surface area contributed by atoms with Gasteiger partial charge in [0.2, 0.25) is 0 Å². The third-order valence-corrected chi connectivity index (χ3v) is 5.54. The lowest BCUT2D eigenvalue weighted by molar-refractivity contribution is -0.127. The van der Waals surface area contributed by atoms with E-state index in [9.17, 15) is 4.79 Å². The number of hydrogen-bond acceptors (Lipinski definition) is 7. The van der Waals surface area contributed by atoms with Crippen molar-refractivity contribution in [2.45, 2.75) is 13.8 Å². The van der Waals surface area contributed by atoms with Gasteiger partial charge in [-0.3, -0.25) is 4.79 Å². The molecule has 4 heterocycles. The van der Waals surface area contributed by atoms with Gasteiger partial charge in [0.05, 0.1) is 12.2 Å². The molecule has 1 aromatic carbocycles. The van der Waals surface area contributed by atoms with E-state index in [1.54, 1.807) is 4.52 Å². The summed E-state index contributed by atoms with van der Waals surface area (Å²) < 4.78 is 13.3. The van der Waals surface area contributed by atoms with E-state index in [1.807, 2.05) is 49.1 Å². The zero-order valence-corrected chi connectivity index (χ0v) is 17.6. The predicted octanol–water partition coefficient (Wildman–Crippen LogP) is 1.96. The molecule has 0 bridgehead atoms. The Bertz CT molecular complexity index is 1160. The zero-order chi connectivity index (χ0) is 21.4. The summed E-state index contributed by atoms with van der Waals surface area (Å²) in [6.45, 7) is 7.37. The van der Waals surface area contributed by atoms with Crippen molar-refractivity contribution in [3.05, 3.63) is 47.4 Å². The first kappa shape index (κ1) is 19.3. The van der Waals surface area contributed by atoms with Crippen molar-refractivity contribution < 1.29 is 14.3 Å². The van der Waals surface area contributed by atoms with Crippen molar-refractivity contribution in [3.8, 4) is 11.5 Å². The minimum absolute atomic E-state index is 0.0175. The molecule has 1 fully saturated rings. The minimum Gasteiger partial charge on any atom is -0.490 e. The lowest BCUT2D eigenvalue weighted by Gasteiger charge is -2.36. The van der Waals surface area contributed by atoms with E-state index in [2.05, 4.69) is 20.0 Å². The molecule has 1 amide bonds. The Morgan fingerprint density at radius 1 is 1.23 bits per heavy atom. The molecule has 2 aliphatic heterocycles. The molecule has 31 heavy (non-hydrogen) atoms. The van der Waals surface area contributed by atoms with E-state index >= 15 is 0 Å². The van der Waals surface area contributed by atoms with Gasteiger partial charge in [-0.25, -0.2) is 4.98 Å². The fourth-order valence-electron chi connectivity index (χ4n) is 4.05. The van der Waals surface area contributed by atoms with Gasteiger partial charge in [0.1, 0.15) is 18.8 Å². The quantitative estimate of drug-likeness (QED) is 0.638. The molecule has 1 saturated heterocycles. The van der Waals surface area contributed by atoms with E-state index in [1.165, 1.54) is 6.33 Å². The topological polar surface area (TPSA) is 85.1 Å². The van der Waals surface area contributed by atoms with Crippen LogP contribution in [-0.2, 0) is 4.79 Å². The third-order valence-electron chi connectivity index (χ3n) is 5.54. The van der Waals surface area contributed by atoms with Gasteiger partial charge in [0.15, 0.2) is 11.5 Å². The molecule has 0 N–H and O–H groups in total. The van der Waals surface area contributed by atoms with Crippen LogP contribution < -0.4 is 14.4 Å². The molecule has 0 saturated carbocycles. The second-order valence-electron chi connectivity index (χ2n) is 7.57. The number of ether oxygens (including phenoxy) is 2. The Hall–Kier alpha value is -3.62. The Balaban J connectivity index is 1.30. The van der Waals surface area contributed by atoms with Crippen molar-refractivity contribution in [3.63, 3.8) is 0 Å². The number of rotatable bonds is 4. The summed E-state index contributed by atoms with van der Waals surface area (Å²) in [4.78, 5) is 25.8. The van der Waals surface area contributed by atoms with Crippen LogP contribution in [0.15, 0.2) is 36.2 Å². The highest BCUT2D eigenvalue weighted by Crippen LogP contribution is 2.36. The lowest BCUT2D eigenvalue weighted by atomic mass is 10.1. The van der Waals surface area contributed by atoms with E-state index in [0.717, 1.165) is 17.1 Å². The standard InChI is InChI=1S/C22H24N6O3/c1-3-30-18-6-4-5-16-12-17(13-31-20(16)18)21(29)27-9-7-26(8-10-27)19-11-15(2)25-22-23-14-24-28(19)22/h4-6,11-12,14H,3,7-10,13H2,1-2H3. The Morgan fingerprint density at radius 2 is 2.06 bits per heavy atom. The van der Waals surface area contributed by atoms with Crippen LogP contribution in [0.5, 0.6) is 11.5 Å². The fourth-order valence-corrected chi connectivity index (χ4v) is 4.05. The summed E-state index contributed by atoms with van der Waals surface area (Å²) in [5.41, 5.74) is 2.43. The third kappa shape index (κ3) is 3.56. The molecule has 2 aromatic heterocycles. The number of para-hydroxylation sites is 1. The van der Waals surface area contributed by atoms with Crippen molar-refractivity contribution in [2.75, 3.05) is 44.3 Å². The van der Waals surface area contributed by atoms with Gasteiger partial charge < -0.3 is 19.3 Å². The van der Waals surface area contributed by atoms with E-state index in [0.29, 0.717) is 55.6 Å². The van der Waals surface area contributed by atoms with Crippen LogP contribution in [0.25, 0.3) is 11.9 Å². The molecule has 2 aliphatic rings. The maximum atomic E-state index is 13.1. The fraction of sp³-hybridized carbons (Fsp3) is 0.364. The van der Waals surface area contributed by atoms with Gasteiger partial charge in [0.25, 0.3) is 11.7 Å². The maximum absolute atomic E-state index is 13.1. The molecule has 0 aliphatic carbocycles. The van der Waals surface area contributed by atoms with Crippen LogP contribution in [0.2, 0.25) is 0 Å². The zero-order valence-electron chi connectivity index (χ0n) is 17.6. The molecule has 160 valence electrons. The highest BCUT2D eigenvalue weighted by Gasteiger charge is 2.28. The van der Waals surface area contributed by atoms with Crippen LogP contribution in [0.4, 0.5) is 5.82 Å². The van der Waals surface area contributed by atoms with Crippen molar-refractivity contribution in [1.29, 1.82) is 0 Å². The highest BCUT2D eigenvalue weighted by atomic mass is 16.5. The van der Waals surface area contributed by atoms with Gasteiger partial charge in [-0.2, -0.15) is 14.6 Å². The molecular weight excluding hydrogens is 396 g/mol. The molecular formula is C22H24N6O3. The first-order valence-corrected chi connectivity index (χ1v) is 10.4. The van der Waals surface area contributed by atoms with Gasteiger partial charge in [-0.15, -0.1) is 0 Å². The first-order chi connectivity index (χ1) is 15.1. The van der Waals surface area contributed by atoms with Gasteiger partial charge in [0, 0.05) is 43.5 Å². The number of carbonyl (C=O) groups excluding carboxylic acids is 1. The summed E-state index contributed by atoms with van der Waals surface area (Å²) in [6, 6.07) is 7.74. The Labute approximate surface area is 179 Å². The number of benzene rings is 1. The minimum atomic E-state index is 0.0175. The number of fused-ring (bicyclic) bond motifs is 2. The van der Waals surface area contributed by atoms with Gasteiger partial charge in [-0.05, 0) is 26.0 Å². The van der Waals surface area contributed by atoms with Crippen molar-refractivity contribution >= 4 is 23.6 Å². The number of amides is 1. The van der Waals surface area contributed by atoms with Crippen LogP contribution >= 0.6 is 0 Å². The maximum Gasteiger partial charge on any atom is 0.254 e. The molecule has 0 radical (unpaired) electrons. The lowest BCUT2D eigenvalue weighted by Crippen LogP contribution is -2.50. The number of anilines is 1. The molecule has 9 nitrogen and oxygen atoms in total. The summed E-state index contributed by atoms with van der Waals surface area (Å²) in [5.74, 6) is 2.97. The average Bonchev–Trinajstić information content (AvgIpc) is 3.26. The van der Waals surface area contributed by atoms with Crippen LogP contribution in [0.1, 0.15) is 18.2 Å². The molecule has 3 aromatic rings. The van der Waals surface area contributed by atoms with Crippen molar-refractivity contribution in [2.24, 2.45) is 0 Å². The summed E-state index contributed by atoms with van der Waals surface area (Å²) >= 11 is 0. The number of hydrogen-bond donors (Lipinski definition) is 0. The van der Waals surface area contributed by atoms with E-state index < -0.39 is 0 Å². The number of piperazine rings is 1.